The average Bonchev–Trinajstić information content (AvgIpc) is 3.38. The minimum absolute atomic E-state index is 0.178. The molecule has 0 bridgehead atoms. The highest BCUT2D eigenvalue weighted by Crippen LogP contribution is 2.36. The fourth-order valence-corrected chi connectivity index (χ4v) is 4.04. The Hall–Kier alpha value is -3.27. The van der Waals surface area contributed by atoms with E-state index in [1.165, 1.54) is 0 Å². The second-order valence-corrected chi connectivity index (χ2v) is 9.87. The van der Waals surface area contributed by atoms with Gasteiger partial charge in [0, 0.05) is 22.2 Å². The van der Waals surface area contributed by atoms with Gasteiger partial charge in [-0.3, -0.25) is 9.78 Å². The normalized spacial score (nSPS) is 16.5. The number of carbonyl (C=O) groups excluding carboxylic acids is 1. The van der Waals surface area contributed by atoms with Gasteiger partial charge in [-0.05, 0) is 69.6 Å². The first-order chi connectivity index (χ1) is 16.7. The Bertz CT molecular complexity index is 1410. The van der Waals surface area contributed by atoms with E-state index >= 15 is 0 Å². The standard InChI is InChI=1S/C25H24BClN4O4/c1-24(2)25(3,4)35-26(34-24)21-7-6-19(11-16(21)14-32)33-15-18-13-31(30-29-18)23-9-10-28-22-8-5-17(27)12-20(22)23/h5-14H,15H2,1-4H3. The molecule has 0 aliphatic carbocycles. The van der Waals surface area contributed by atoms with E-state index in [2.05, 4.69) is 15.3 Å². The molecule has 2 aromatic heterocycles. The number of aromatic nitrogens is 4. The maximum Gasteiger partial charge on any atom is 0.495 e. The van der Waals surface area contributed by atoms with E-state index in [1.54, 1.807) is 41.3 Å². The molecule has 1 fully saturated rings. The zero-order valence-electron chi connectivity index (χ0n) is 19.9. The lowest BCUT2D eigenvalue weighted by Crippen LogP contribution is -2.41. The maximum atomic E-state index is 11.8. The summed E-state index contributed by atoms with van der Waals surface area (Å²) in [7, 11) is -0.627. The van der Waals surface area contributed by atoms with Gasteiger partial charge in [0.15, 0.2) is 0 Å². The van der Waals surface area contributed by atoms with E-state index in [0.29, 0.717) is 27.5 Å². The zero-order chi connectivity index (χ0) is 24.8. The smallest absolute Gasteiger partial charge is 0.487 e. The molecule has 1 aliphatic heterocycles. The molecular formula is C25H24BClN4O4. The molecule has 178 valence electrons. The van der Waals surface area contributed by atoms with Crippen molar-refractivity contribution in [2.45, 2.75) is 45.5 Å². The molecule has 0 saturated carbocycles. The van der Waals surface area contributed by atoms with Crippen LogP contribution in [0.2, 0.25) is 5.02 Å². The van der Waals surface area contributed by atoms with Crippen molar-refractivity contribution < 1.29 is 18.8 Å². The summed E-state index contributed by atoms with van der Waals surface area (Å²) in [5, 5.41) is 9.93. The van der Waals surface area contributed by atoms with Crippen molar-refractivity contribution in [2.75, 3.05) is 0 Å². The molecule has 3 heterocycles. The first kappa shape index (κ1) is 23.5. The molecule has 0 atom stereocenters. The predicted octanol–water partition coefficient (Wildman–Crippen LogP) is 4.16. The second kappa shape index (κ2) is 8.75. The van der Waals surface area contributed by atoms with E-state index in [-0.39, 0.29) is 6.61 Å². The largest absolute Gasteiger partial charge is 0.495 e. The third-order valence-electron chi connectivity index (χ3n) is 6.55. The van der Waals surface area contributed by atoms with Crippen LogP contribution in [-0.2, 0) is 15.9 Å². The highest BCUT2D eigenvalue weighted by molar-refractivity contribution is 6.63. The molecule has 4 aromatic rings. The Balaban J connectivity index is 1.33. The molecule has 1 saturated heterocycles. The minimum atomic E-state index is -0.627. The molecule has 1 aliphatic rings. The van der Waals surface area contributed by atoms with Gasteiger partial charge in [0.2, 0.25) is 0 Å². The summed E-state index contributed by atoms with van der Waals surface area (Å²) >= 11 is 6.17. The Morgan fingerprint density at radius 3 is 2.60 bits per heavy atom. The number of pyridine rings is 1. The summed E-state index contributed by atoms with van der Waals surface area (Å²) in [4.78, 5) is 16.2. The summed E-state index contributed by atoms with van der Waals surface area (Å²) in [6.07, 6.45) is 4.28. The van der Waals surface area contributed by atoms with Crippen LogP contribution in [0.5, 0.6) is 5.75 Å². The van der Waals surface area contributed by atoms with Gasteiger partial charge in [0.1, 0.15) is 24.3 Å². The third-order valence-corrected chi connectivity index (χ3v) is 6.78. The van der Waals surface area contributed by atoms with E-state index in [9.17, 15) is 4.79 Å². The number of benzene rings is 2. The Kier molecular flexibility index (Phi) is 5.87. The number of ether oxygens (including phenoxy) is 1. The van der Waals surface area contributed by atoms with Crippen LogP contribution in [0.1, 0.15) is 43.7 Å². The lowest BCUT2D eigenvalue weighted by molar-refractivity contribution is 0.00578. The average molecular weight is 491 g/mol. The Labute approximate surface area is 208 Å². The lowest BCUT2D eigenvalue weighted by Gasteiger charge is -2.32. The van der Waals surface area contributed by atoms with Crippen molar-refractivity contribution in [1.82, 2.24) is 20.0 Å². The number of aldehydes is 1. The number of hydrogen-bond acceptors (Lipinski definition) is 7. The van der Waals surface area contributed by atoms with Crippen LogP contribution in [0.25, 0.3) is 16.6 Å². The summed E-state index contributed by atoms with van der Waals surface area (Å²) in [5.41, 5.74) is 2.37. The number of hydrogen-bond donors (Lipinski definition) is 0. The van der Waals surface area contributed by atoms with Crippen molar-refractivity contribution >= 4 is 41.4 Å². The quantitative estimate of drug-likeness (QED) is 0.296. The first-order valence-corrected chi connectivity index (χ1v) is 11.6. The van der Waals surface area contributed by atoms with E-state index in [1.807, 2.05) is 45.9 Å². The molecule has 5 rings (SSSR count). The third kappa shape index (κ3) is 4.42. The fourth-order valence-electron chi connectivity index (χ4n) is 3.87. The fraction of sp³-hybridized carbons (Fsp3) is 0.280. The lowest BCUT2D eigenvalue weighted by atomic mass is 9.76. The van der Waals surface area contributed by atoms with Crippen molar-refractivity contribution in [3.63, 3.8) is 0 Å². The molecule has 0 spiro atoms. The molecular weight excluding hydrogens is 467 g/mol. The van der Waals surface area contributed by atoms with Crippen LogP contribution in [0.3, 0.4) is 0 Å². The van der Waals surface area contributed by atoms with Gasteiger partial charge in [0.05, 0.1) is 28.6 Å². The number of carbonyl (C=O) groups is 1. The molecule has 35 heavy (non-hydrogen) atoms. The van der Waals surface area contributed by atoms with E-state index in [4.69, 9.17) is 25.6 Å². The number of halogens is 1. The minimum Gasteiger partial charge on any atom is -0.487 e. The molecule has 0 N–H and O–H groups in total. The van der Waals surface area contributed by atoms with Crippen LogP contribution >= 0.6 is 11.6 Å². The number of fused-ring (bicyclic) bond motifs is 1. The van der Waals surface area contributed by atoms with Crippen molar-refractivity contribution in [2.24, 2.45) is 0 Å². The van der Waals surface area contributed by atoms with Gasteiger partial charge >= 0.3 is 7.12 Å². The Morgan fingerprint density at radius 1 is 1.09 bits per heavy atom. The maximum absolute atomic E-state index is 11.8. The molecule has 0 radical (unpaired) electrons. The van der Waals surface area contributed by atoms with Gasteiger partial charge in [-0.15, -0.1) is 5.10 Å². The molecule has 8 nitrogen and oxygen atoms in total. The van der Waals surface area contributed by atoms with Crippen molar-refractivity contribution in [3.8, 4) is 11.4 Å². The van der Waals surface area contributed by atoms with Gasteiger partial charge in [0.25, 0.3) is 0 Å². The molecule has 0 unspecified atom stereocenters. The predicted molar refractivity (Wildman–Crippen MR) is 134 cm³/mol. The number of nitrogens with zero attached hydrogens (tertiary/aromatic N) is 4. The summed E-state index contributed by atoms with van der Waals surface area (Å²) in [6, 6.07) is 12.6. The summed E-state index contributed by atoms with van der Waals surface area (Å²) < 4.78 is 19.7. The summed E-state index contributed by atoms with van der Waals surface area (Å²) in [6.45, 7) is 8.07. The second-order valence-electron chi connectivity index (χ2n) is 9.43. The monoisotopic (exact) mass is 490 g/mol. The SMILES string of the molecule is CC1(C)OB(c2ccc(OCc3cn(-c4ccnc5ccc(Cl)cc45)nn3)cc2C=O)OC1(C)C. The van der Waals surface area contributed by atoms with Crippen molar-refractivity contribution in [3.05, 3.63) is 71.1 Å². The highest BCUT2D eigenvalue weighted by atomic mass is 35.5. The Morgan fingerprint density at radius 2 is 1.86 bits per heavy atom. The molecule has 10 heteroatoms. The summed E-state index contributed by atoms with van der Waals surface area (Å²) in [5.74, 6) is 0.531. The van der Waals surface area contributed by atoms with Crippen LogP contribution in [0.15, 0.2) is 54.9 Å². The van der Waals surface area contributed by atoms with E-state index in [0.717, 1.165) is 22.9 Å². The van der Waals surface area contributed by atoms with Gasteiger partial charge in [-0.1, -0.05) is 22.9 Å². The van der Waals surface area contributed by atoms with Crippen molar-refractivity contribution in [1.29, 1.82) is 0 Å². The molecule has 2 aromatic carbocycles. The van der Waals surface area contributed by atoms with Gasteiger partial charge in [-0.2, -0.15) is 0 Å². The van der Waals surface area contributed by atoms with Gasteiger partial charge in [-0.25, -0.2) is 4.68 Å². The number of rotatable bonds is 6. The molecule has 0 amide bonds. The van der Waals surface area contributed by atoms with Crippen LogP contribution in [0.4, 0.5) is 0 Å². The van der Waals surface area contributed by atoms with Crippen LogP contribution < -0.4 is 10.2 Å². The zero-order valence-corrected chi connectivity index (χ0v) is 20.6. The van der Waals surface area contributed by atoms with Crippen LogP contribution in [-0.4, -0.2) is 44.6 Å². The van der Waals surface area contributed by atoms with Gasteiger partial charge < -0.3 is 14.0 Å². The topological polar surface area (TPSA) is 88.4 Å². The van der Waals surface area contributed by atoms with Crippen LogP contribution in [0, 0.1) is 0 Å². The van der Waals surface area contributed by atoms with E-state index < -0.39 is 18.3 Å². The highest BCUT2D eigenvalue weighted by Gasteiger charge is 2.52. The first-order valence-electron chi connectivity index (χ1n) is 11.2.